The molecule has 0 spiro atoms. The van der Waals surface area contributed by atoms with Crippen LogP contribution in [-0.2, 0) is 4.79 Å². The van der Waals surface area contributed by atoms with Crippen molar-refractivity contribution in [2.75, 3.05) is 13.1 Å². The quantitative estimate of drug-likeness (QED) is 0.573. The van der Waals surface area contributed by atoms with Crippen LogP contribution >= 0.6 is 0 Å². The molecule has 1 saturated heterocycles. The lowest BCUT2D eigenvalue weighted by molar-refractivity contribution is -0.131. The first-order valence-corrected chi connectivity index (χ1v) is 4.96. The molecule has 0 saturated carbocycles. The predicted octanol–water partition coefficient (Wildman–Crippen LogP) is 2.38. The second-order valence-corrected chi connectivity index (χ2v) is 3.42. The lowest BCUT2D eigenvalue weighted by Gasteiger charge is -2.33. The van der Waals surface area contributed by atoms with E-state index in [-0.39, 0.29) is 5.91 Å². The van der Waals surface area contributed by atoms with Gasteiger partial charge in [0.2, 0.25) is 5.91 Å². The van der Waals surface area contributed by atoms with Crippen LogP contribution in [0.2, 0.25) is 0 Å². The zero-order chi connectivity index (χ0) is 10.5. The van der Waals surface area contributed by atoms with Crippen LogP contribution in [0.4, 0.5) is 4.39 Å². The Morgan fingerprint density at radius 2 is 1.69 bits per heavy atom. The van der Waals surface area contributed by atoms with E-state index in [1.54, 1.807) is 11.8 Å². The number of hydrogen-bond acceptors (Lipinski definition) is 1. The van der Waals surface area contributed by atoms with Crippen molar-refractivity contribution in [2.24, 2.45) is 0 Å². The van der Waals surface area contributed by atoms with E-state index in [1.165, 1.54) is 6.92 Å². The summed E-state index contributed by atoms with van der Waals surface area (Å²) in [6.45, 7) is 8.27. The minimum absolute atomic E-state index is 0.0560. The number of alkyl halides is 1. The zero-order valence-electron chi connectivity index (χ0n) is 9.06. The molecule has 78 valence electrons. The summed E-state index contributed by atoms with van der Waals surface area (Å²) >= 11 is 0. The molecule has 3 heteroatoms. The first kappa shape index (κ1) is 12.4. The van der Waals surface area contributed by atoms with Gasteiger partial charge in [-0.25, -0.2) is 4.39 Å². The fourth-order valence-corrected chi connectivity index (χ4v) is 1.29. The Morgan fingerprint density at radius 1 is 1.31 bits per heavy atom. The summed E-state index contributed by atoms with van der Waals surface area (Å²) in [6, 6.07) is 0. The third-order valence-electron chi connectivity index (χ3n) is 2.25. The molecule has 0 N–H and O–H groups in total. The standard InChI is InChI=1S/C8H14FNO.C2H6/c1-7(11)10-5-3-8(2,9)4-6-10;1-2/h3-6H2,1-2H3;1-2H3. The van der Waals surface area contributed by atoms with Crippen molar-refractivity contribution in [3.63, 3.8) is 0 Å². The fraction of sp³-hybridized carbons (Fsp3) is 0.900. The molecule has 0 atom stereocenters. The molecule has 0 aromatic rings. The lowest BCUT2D eigenvalue weighted by atomic mass is 9.96. The first-order chi connectivity index (χ1) is 6.01. The molecule has 1 heterocycles. The monoisotopic (exact) mass is 189 g/mol. The summed E-state index contributed by atoms with van der Waals surface area (Å²) in [5.74, 6) is 0.0560. The topological polar surface area (TPSA) is 20.3 Å². The van der Waals surface area contributed by atoms with E-state index < -0.39 is 5.67 Å². The van der Waals surface area contributed by atoms with Crippen LogP contribution in [-0.4, -0.2) is 29.6 Å². The molecule has 0 aromatic heterocycles. The highest BCUT2D eigenvalue weighted by atomic mass is 19.1. The van der Waals surface area contributed by atoms with Gasteiger partial charge in [0.1, 0.15) is 5.67 Å². The summed E-state index contributed by atoms with van der Waals surface area (Å²) < 4.78 is 13.2. The maximum absolute atomic E-state index is 13.2. The van der Waals surface area contributed by atoms with E-state index in [0.29, 0.717) is 25.9 Å². The Bertz CT molecular complexity index is 158. The summed E-state index contributed by atoms with van der Waals surface area (Å²) in [4.78, 5) is 12.5. The van der Waals surface area contributed by atoms with E-state index in [2.05, 4.69) is 0 Å². The molecule has 0 bridgehead atoms. The summed E-state index contributed by atoms with van der Waals surface area (Å²) in [5.41, 5.74) is -1.05. The predicted molar refractivity (Wildman–Crippen MR) is 52.3 cm³/mol. The molecule has 1 aliphatic rings. The molecule has 13 heavy (non-hydrogen) atoms. The maximum atomic E-state index is 13.2. The van der Waals surface area contributed by atoms with Gasteiger partial charge in [0.05, 0.1) is 0 Å². The Balaban J connectivity index is 0.000000671. The molecule has 0 aliphatic carbocycles. The number of likely N-dealkylation sites (tertiary alicyclic amines) is 1. The van der Waals surface area contributed by atoms with E-state index in [0.717, 1.165) is 0 Å². The van der Waals surface area contributed by atoms with Gasteiger partial charge in [-0.15, -0.1) is 0 Å². The van der Waals surface area contributed by atoms with Crippen LogP contribution in [0.3, 0.4) is 0 Å². The molecule has 1 aliphatic heterocycles. The minimum Gasteiger partial charge on any atom is -0.343 e. The fourth-order valence-electron chi connectivity index (χ4n) is 1.29. The number of halogens is 1. The third kappa shape index (κ3) is 4.25. The Labute approximate surface area is 80.1 Å². The summed E-state index contributed by atoms with van der Waals surface area (Å²) in [5, 5.41) is 0. The van der Waals surface area contributed by atoms with Gasteiger partial charge in [0, 0.05) is 20.0 Å². The van der Waals surface area contributed by atoms with E-state index >= 15 is 0 Å². The van der Waals surface area contributed by atoms with Crippen LogP contribution in [0.15, 0.2) is 0 Å². The van der Waals surface area contributed by atoms with Gasteiger partial charge in [-0.2, -0.15) is 0 Å². The minimum atomic E-state index is -1.05. The van der Waals surface area contributed by atoms with Gasteiger partial charge < -0.3 is 4.90 Å². The van der Waals surface area contributed by atoms with Gasteiger partial charge in [-0.3, -0.25) is 4.79 Å². The van der Waals surface area contributed by atoms with Crippen molar-refractivity contribution in [3.05, 3.63) is 0 Å². The summed E-state index contributed by atoms with van der Waals surface area (Å²) in [7, 11) is 0. The number of nitrogens with zero attached hydrogens (tertiary/aromatic N) is 1. The van der Waals surface area contributed by atoms with Crippen molar-refractivity contribution < 1.29 is 9.18 Å². The highest BCUT2D eigenvalue weighted by Gasteiger charge is 2.30. The molecule has 1 rings (SSSR count). The number of carbonyl (C=O) groups excluding carboxylic acids is 1. The first-order valence-electron chi connectivity index (χ1n) is 4.96. The average molecular weight is 189 g/mol. The van der Waals surface area contributed by atoms with Gasteiger partial charge in [0.15, 0.2) is 0 Å². The van der Waals surface area contributed by atoms with Crippen LogP contribution < -0.4 is 0 Å². The molecule has 0 radical (unpaired) electrons. The van der Waals surface area contributed by atoms with Gasteiger partial charge in [-0.1, -0.05) is 13.8 Å². The largest absolute Gasteiger partial charge is 0.343 e. The zero-order valence-corrected chi connectivity index (χ0v) is 9.06. The molecular formula is C10H20FNO. The van der Waals surface area contributed by atoms with Crippen LogP contribution in [0.25, 0.3) is 0 Å². The molecule has 1 fully saturated rings. The Hall–Kier alpha value is -0.600. The number of hydrogen-bond donors (Lipinski definition) is 0. The second-order valence-electron chi connectivity index (χ2n) is 3.42. The van der Waals surface area contributed by atoms with E-state index in [9.17, 15) is 9.18 Å². The van der Waals surface area contributed by atoms with E-state index in [1.807, 2.05) is 13.8 Å². The SMILES string of the molecule is CC.CC(=O)N1CCC(C)(F)CC1. The van der Waals surface area contributed by atoms with Crippen LogP contribution in [0.1, 0.15) is 40.5 Å². The smallest absolute Gasteiger partial charge is 0.219 e. The Kier molecular flexibility index (Phi) is 4.96. The normalized spacial score (nSPS) is 20.2. The average Bonchev–Trinajstić information content (AvgIpc) is 2.07. The van der Waals surface area contributed by atoms with Crippen LogP contribution in [0.5, 0.6) is 0 Å². The lowest BCUT2D eigenvalue weighted by Crippen LogP contribution is -2.42. The molecule has 0 aromatic carbocycles. The number of piperidine rings is 1. The molecular weight excluding hydrogens is 169 g/mol. The van der Waals surface area contributed by atoms with Crippen molar-refractivity contribution in [1.29, 1.82) is 0 Å². The number of amides is 1. The molecule has 0 unspecified atom stereocenters. The third-order valence-corrected chi connectivity index (χ3v) is 2.25. The van der Waals surface area contributed by atoms with Crippen molar-refractivity contribution >= 4 is 5.91 Å². The van der Waals surface area contributed by atoms with E-state index in [4.69, 9.17) is 0 Å². The number of carbonyl (C=O) groups is 1. The van der Waals surface area contributed by atoms with Gasteiger partial charge in [0.25, 0.3) is 0 Å². The highest BCUT2D eigenvalue weighted by molar-refractivity contribution is 5.73. The van der Waals surface area contributed by atoms with Crippen molar-refractivity contribution in [2.45, 2.75) is 46.2 Å². The highest BCUT2D eigenvalue weighted by Crippen LogP contribution is 2.25. The van der Waals surface area contributed by atoms with Crippen LogP contribution in [0, 0.1) is 0 Å². The van der Waals surface area contributed by atoms with Gasteiger partial charge in [-0.05, 0) is 19.8 Å². The Morgan fingerprint density at radius 3 is 2.00 bits per heavy atom. The maximum Gasteiger partial charge on any atom is 0.219 e. The molecule has 2 nitrogen and oxygen atoms in total. The number of rotatable bonds is 0. The molecule has 1 amide bonds. The summed E-state index contributed by atoms with van der Waals surface area (Å²) in [6.07, 6.45) is 0.958. The second kappa shape index (κ2) is 5.20. The van der Waals surface area contributed by atoms with Gasteiger partial charge >= 0.3 is 0 Å². The van der Waals surface area contributed by atoms with Crippen molar-refractivity contribution in [1.82, 2.24) is 4.90 Å². The van der Waals surface area contributed by atoms with Crippen molar-refractivity contribution in [3.8, 4) is 0 Å².